The quantitative estimate of drug-likeness (QED) is 0.457. The Hall–Kier alpha value is -3.74. The first-order valence-corrected chi connectivity index (χ1v) is 10.1. The molecule has 1 aliphatic heterocycles. The number of carbonyl (C=O) groups is 4. The molecule has 2 aromatic carbocycles. The second-order valence-corrected chi connectivity index (χ2v) is 7.65. The molecule has 2 aromatic rings. The molecule has 7 nitrogen and oxygen atoms in total. The molecule has 1 N–H and O–H groups in total. The van der Waals surface area contributed by atoms with E-state index in [-0.39, 0.29) is 29.2 Å². The molecule has 31 heavy (non-hydrogen) atoms. The zero-order valence-corrected chi connectivity index (χ0v) is 17.0. The molecule has 0 aromatic heterocycles. The van der Waals surface area contributed by atoms with Crippen LogP contribution in [-0.4, -0.2) is 30.3 Å². The molecule has 3 amide bonds. The van der Waals surface area contributed by atoms with Crippen molar-refractivity contribution in [2.75, 3.05) is 16.8 Å². The Morgan fingerprint density at radius 1 is 0.968 bits per heavy atom. The molecule has 0 spiro atoms. The SMILES string of the molecule is Cc1ccccc1NC(=O)COC(=O)c1ccc(N2C(=O)[C@H]3CC=CC[C@H]3C2=O)cc1. The minimum atomic E-state index is -0.663. The predicted molar refractivity (Wildman–Crippen MR) is 114 cm³/mol. The van der Waals surface area contributed by atoms with Crippen LogP contribution in [0.4, 0.5) is 11.4 Å². The number of allylic oxidation sites excluding steroid dienone is 2. The molecule has 0 bridgehead atoms. The van der Waals surface area contributed by atoms with Crippen LogP contribution in [0.1, 0.15) is 28.8 Å². The number of ether oxygens (including phenoxy) is 1. The summed E-state index contributed by atoms with van der Waals surface area (Å²) in [7, 11) is 0. The molecular weight excluding hydrogens is 396 g/mol. The van der Waals surface area contributed by atoms with Gasteiger partial charge in [-0.2, -0.15) is 0 Å². The maximum absolute atomic E-state index is 12.7. The van der Waals surface area contributed by atoms with Crippen molar-refractivity contribution in [3.05, 3.63) is 71.8 Å². The number of nitrogens with zero attached hydrogens (tertiary/aromatic N) is 1. The number of nitrogens with one attached hydrogen (secondary N) is 1. The molecule has 2 atom stereocenters. The normalized spacial score (nSPS) is 19.8. The topological polar surface area (TPSA) is 92.8 Å². The van der Waals surface area contributed by atoms with Gasteiger partial charge >= 0.3 is 5.97 Å². The van der Waals surface area contributed by atoms with Crippen LogP contribution in [-0.2, 0) is 19.1 Å². The number of para-hydroxylation sites is 1. The lowest BCUT2D eigenvalue weighted by Gasteiger charge is -2.15. The van der Waals surface area contributed by atoms with Gasteiger partial charge in [-0.25, -0.2) is 4.79 Å². The van der Waals surface area contributed by atoms with Gasteiger partial charge < -0.3 is 10.1 Å². The van der Waals surface area contributed by atoms with Crippen LogP contribution in [0.3, 0.4) is 0 Å². The second-order valence-electron chi connectivity index (χ2n) is 7.65. The Morgan fingerprint density at radius 2 is 1.58 bits per heavy atom. The first kappa shape index (κ1) is 20.5. The van der Waals surface area contributed by atoms with E-state index in [1.165, 1.54) is 17.0 Å². The van der Waals surface area contributed by atoms with Crippen LogP contribution in [0.2, 0.25) is 0 Å². The summed E-state index contributed by atoms with van der Waals surface area (Å²) in [5.41, 5.74) is 2.21. The molecule has 1 heterocycles. The molecule has 1 saturated heterocycles. The van der Waals surface area contributed by atoms with Crippen molar-refractivity contribution >= 4 is 35.1 Å². The molecule has 4 rings (SSSR count). The molecule has 7 heteroatoms. The Bertz CT molecular complexity index is 1050. The van der Waals surface area contributed by atoms with Crippen molar-refractivity contribution in [1.82, 2.24) is 0 Å². The largest absolute Gasteiger partial charge is 0.452 e. The van der Waals surface area contributed by atoms with Crippen molar-refractivity contribution in [3.8, 4) is 0 Å². The number of hydrogen-bond donors (Lipinski definition) is 1. The molecule has 0 unspecified atom stereocenters. The number of anilines is 2. The van der Waals surface area contributed by atoms with Crippen LogP contribution >= 0.6 is 0 Å². The van der Waals surface area contributed by atoms with E-state index < -0.39 is 18.5 Å². The zero-order valence-electron chi connectivity index (χ0n) is 17.0. The van der Waals surface area contributed by atoms with E-state index in [9.17, 15) is 19.2 Å². The zero-order chi connectivity index (χ0) is 22.0. The average molecular weight is 418 g/mol. The number of carbonyl (C=O) groups excluding carboxylic acids is 4. The summed E-state index contributed by atoms with van der Waals surface area (Å²) >= 11 is 0. The van der Waals surface area contributed by atoms with E-state index in [2.05, 4.69) is 5.32 Å². The van der Waals surface area contributed by atoms with Gasteiger partial charge in [-0.05, 0) is 55.7 Å². The summed E-state index contributed by atoms with van der Waals surface area (Å²) in [6.07, 6.45) is 5.01. The van der Waals surface area contributed by atoms with Crippen molar-refractivity contribution < 1.29 is 23.9 Å². The molecule has 1 fully saturated rings. The van der Waals surface area contributed by atoms with Gasteiger partial charge in [0.25, 0.3) is 5.91 Å². The lowest BCUT2D eigenvalue weighted by Crippen LogP contribution is -2.30. The summed E-state index contributed by atoms with van der Waals surface area (Å²) in [5.74, 6) is -2.14. The van der Waals surface area contributed by atoms with E-state index in [4.69, 9.17) is 4.74 Å². The second kappa shape index (κ2) is 8.55. The molecule has 1 aliphatic carbocycles. The Labute approximate surface area is 179 Å². The average Bonchev–Trinajstić information content (AvgIpc) is 3.04. The van der Waals surface area contributed by atoms with Crippen LogP contribution in [0.5, 0.6) is 0 Å². The van der Waals surface area contributed by atoms with Gasteiger partial charge in [0.2, 0.25) is 11.8 Å². The predicted octanol–water partition coefficient (Wildman–Crippen LogP) is 3.25. The van der Waals surface area contributed by atoms with Gasteiger partial charge in [-0.15, -0.1) is 0 Å². The van der Waals surface area contributed by atoms with E-state index in [1.54, 1.807) is 24.3 Å². The van der Waals surface area contributed by atoms with E-state index in [0.29, 0.717) is 24.2 Å². The van der Waals surface area contributed by atoms with Crippen molar-refractivity contribution in [2.45, 2.75) is 19.8 Å². The highest BCUT2D eigenvalue weighted by Gasteiger charge is 2.47. The lowest BCUT2D eigenvalue weighted by molar-refractivity contribution is -0.122. The smallest absolute Gasteiger partial charge is 0.338 e. The lowest BCUT2D eigenvalue weighted by atomic mass is 9.85. The van der Waals surface area contributed by atoms with Gasteiger partial charge in [-0.3, -0.25) is 19.3 Å². The summed E-state index contributed by atoms with van der Waals surface area (Å²) in [5, 5.41) is 2.69. The van der Waals surface area contributed by atoms with Crippen molar-refractivity contribution in [1.29, 1.82) is 0 Å². The van der Waals surface area contributed by atoms with Crippen LogP contribution in [0, 0.1) is 18.8 Å². The minimum absolute atomic E-state index is 0.206. The molecule has 158 valence electrons. The summed E-state index contributed by atoms with van der Waals surface area (Å²) in [6, 6.07) is 13.4. The van der Waals surface area contributed by atoms with Gasteiger partial charge in [0.15, 0.2) is 6.61 Å². The maximum Gasteiger partial charge on any atom is 0.338 e. The fraction of sp³-hybridized carbons (Fsp3) is 0.250. The van der Waals surface area contributed by atoms with Gasteiger partial charge in [0, 0.05) is 5.69 Å². The molecule has 0 saturated carbocycles. The van der Waals surface area contributed by atoms with Crippen molar-refractivity contribution in [2.24, 2.45) is 11.8 Å². The molecule has 2 aliphatic rings. The molecule has 0 radical (unpaired) electrons. The summed E-state index contributed by atoms with van der Waals surface area (Å²) in [6.45, 7) is 1.44. The Morgan fingerprint density at radius 3 is 2.19 bits per heavy atom. The number of esters is 1. The number of fused-ring (bicyclic) bond motifs is 1. The van der Waals surface area contributed by atoms with E-state index in [1.807, 2.05) is 31.2 Å². The van der Waals surface area contributed by atoms with Crippen LogP contribution in [0.15, 0.2) is 60.7 Å². The van der Waals surface area contributed by atoms with Crippen LogP contribution < -0.4 is 10.2 Å². The Balaban J connectivity index is 1.36. The number of amides is 3. The summed E-state index contributed by atoms with van der Waals surface area (Å²) < 4.78 is 5.08. The van der Waals surface area contributed by atoms with Crippen molar-refractivity contribution in [3.63, 3.8) is 0 Å². The third-order valence-corrected chi connectivity index (χ3v) is 5.62. The monoisotopic (exact) mass is 418 g/mol. The van der Waals surface area contributed by atoms with Gasteiger partial charge in [-0.1, -0.05) is 30.4 Å². The van der Waals surface area contributed by atoms with Crippen LogP contribution in [0.25, 0.3) is 0 Å². The highest BCUT2D eigenvalue weighted by atomic mass is 16.5. The third-order valence-electron chi connectivity index (χ3n) is 5.62. The standard InChI is InChI=1S/C24H22N2O5/c1-15-6-2-5-9-20(15)25-21(27)14-31-24(30)16-10-12-17(13-11-16)26-22(28)18-7-3-4-8-19(18)23(26)29/h2-6,9-13,18-19H,7-8,14H2,1H3,(H,25,27)/t18-,19+. The van der Waals surface area contributed by atoms with E-state index >= 15 is 0 Å². The first-order chi connectivity index (χ1) is 15.0. The fourth-order valence-electron chi connectivity index (χ4n) is 3.92. The molecular formula is C24H22N2O5. The highest BCUT2D eigenvalue weighted by molar-refractivity contribution is 6.22. The number of hydrogen-bond acceptors (Lipinski definition) is 5. The van der Waals surface area contributed by atoms with Gasteiger partial charge in [0.05, 0.1) is 23.1 Å². The van der Waals surface area contributed by atoms with Gasteiger partial charge in [0.1, 0.15) is 0 Å². The minimum Gasteiger partial charge on any atom is -0.452 e. The number of rotatable bonds is 5. The third kappa shape index (κ3) is 4.12. The summed E-state index contributed by atoms with van der Waals surface area (Å²) in [4.78, 5) is 50.8. The number of benzene rings is 2. The number of imide groups is 1. The van der Waals surface area contributed by atoms with E-state index in [0.717, 1.165) is 5.56 Å². The highest BCUT2D eigenvalue weighted by Crippen LogP contribution is 2.37. The Kier molecular flexibility index (Phi) is 5.66. The maximum atomic E-state index is 12.7. The fourth-order valence-corrected chi connectivity index (χ4v) is 3.92. The first-order valence-electron chi connectivity index (χ1n) is 10.1. The number of aryl methyl sites for hydroxylation is 1.